The Labute approximate surface area is 148 Å². The summed E-state index contributed by atoms with van der Waals surface area (Å²) in [5.41, 5.74) is 5.47. The molecule has 1 N–H and O–H groups in total. The fraction of sp³-hybridized carbons (Fsp3) is 0.300. The largest absolute Gasteiger partial charge is 0.493 e. The molecule has 5 nitrogen and oxygen atoms in total. The van der Waals surface area contributed by atoms with Crippen LogP contribution in [0.5, 0.6) is 11.5 Å². The minimum atomic E-state index is -0.210. The highest BCUT2D eigenvalue weighted by Crippen LogP contribution is 2.22. The summed E-state index contributed by atoms with van der Waals surface area (Å²) in [7, 11) is 0. The van der Waals surface area contributed by atoms with E-state index < -0.39 is 0 Å². The highest BCUT2D eigenvalue weighted by Gasteiger charge is 2.04. The minimum absolute atomic E-state index is 0.210. The van der Waals surface area contributed by atoms with E-state index in [2.05, 4.69) is 10.5 Å². The summed E-state index contributed by atoms with van der Waals surface area (Å²) in [5, 5.41) is 3.88. The van der Waals surface area contributed by atoms with Crippen LogP contribution < -0.4 is 14.9 Å². The molecule has 2 aromatic carbocycles. The summed E-state index contributed by atoms with van der Waals surface area (Å²) < 4.78 is 11.7. The lowest BCUT2D eigenvalue weighted by molar-refractivity contribution is -0.118. The first-order valence-electron chi connectivity index (χ1n) is 8.28. The van der Waals surface area contributed by atoms with E-state index in [1.165, 1.54) is 6.92 Å². The van der Waals surface area contributed by atoms with Gasteiger partial charge in [0, 0.05) is 18.9 Å². The van der Waals surface area contributed by atoms with Crippen molar-refractivity contribution in [3.8, 4) is 11.5 Å². The molecule has 0 radical (unpaired) electrons. The van der Waals surface area contributed by atoms with E-state index in [0.29, 0.717) is 13.2 Å². The molecule has 5 heteroatoms. The van der Waals surface area contributed by atoms with Gasteiger partial charge in [0.25, 0.3) is 0 Å². The third-order valence-electron chi connectivity index (χ3n) is 3.55. The maximum atomic E-state index is 10.9. The number of para-hydroxylation sites is 2. The number of aryl methyl sites for hydroxylation is 2. The number of benzene rings is 2. The zero-order chi connectivity index (χ0) is 18.1. The number of hydrogen-bond acceptors (Lipinski definition) is 4. The smallest absolute Gasteiger partial charge is 0.236 e. The standard InChI is InChI=1S/C20H24N2O3/c1-15-8-6-9-16(2)20(15)25-13-7-12-24-19-11-5-4-10-18(19)14-21-22-17(3)23/h4-6,8-11,14H,7,12-13H2,1-3H3,(H,22,23). The van der Waals surface area contributed by atoms with Crippen molar-refractivity contribution >= 4 is 12.1 Å². The highest BCUT2D eigenvalue weighted by molar-refractivity contribution is 5.84. The molecular weight excluding hydrogens is 316 g/mol. The number of nitrogens with one attached hydrogen (secondary N) is 1. The molecule has 0 fully saturated rings. The van der Waals surface area contributed by atoms with E-state index in [-0.39, 0.29) is 5.91 Å². The van der Waals surface area contributed by atoms with Crippen LogP contribution in [0.3, 0.4) is 0 Å². The van der Waals surface area contributed by atoms with Crippen molar-refractivity contribution in [2.45, 2.75) is 27.2 Å². The van der Waals surface area contributed by atoms with E-state index in [4.69, 9.17) is 9.47 Å². The number of nitrogens with zero attached hydrogens (tertiary/aromatic N) is 1. The fourth-order valence-electron chi connectivity index (χ4n) is 2.35. The molecule has 0 aliphatic rings. The Morgan fingerprint density at radius 2 is 1.72 bits per heavy atom. The first kappa shape index (κ1) is 18.5. The number of ether oxygens (including phenoxy) is 2. The van der Waals surface area contributed by atoms with Crippen LogP contribution in [0.25, 0.3) is 0 Å². The average molecular weight is 340 g/mol. The molecule has 0 aliphatic heterocycles. The Morgan fingerprint density at radius 3 is 2.44 bits per heavy atom. The van der Waals surface area contributed by atoms with Crippen molar-refractivity contribution in [1.29, 1.82) is 0 Å². The van der Waals surface area contributed by atoms with Gasteiger partial charge in [-0.15, -0.1) is 0 Å². The number of carbonyl (C=O) groups excluding carboxylic acids is 1. The fourth-order valence-corrected chi connectivity index (χ4v) is 2.35. The van der Waals surface area contributed by atoms with Crippen LogP contribution in [0.2, 0.25) is 0 Å². The first-order chi connectivity index (χ1) is 12.1. The van der Waals surface area contributed by atoms with Crippen LogP contribution in [0.4, 0.5) is 0 Å². The summed E-state index contributed by atoms with van der Waals surface area (Å²) >= 11 is 0. The summed E-state index contributed by atoms with van der Waals surface area (Å²) in [6.45, 7) is 6.63. The van der Waals surface area contributed by atoms with E-state index in [1.807, 2.05) is 56.3 Å². The molecule has 0 aromatic heterocycles. The molecule has 1 amide bonds. The van der Waals surface area contributed by atoms with Crippen molar-refractivity contribution in [3.05, 3.63) is 59.2 Å². The van der Waals surface area contributed by atoms with E-state index >= 15 is 0 Å². The van der Waals surface area contributed by atoms with Crippen molar-refractivity contribution < 1.29 is 14.3 Å². The molecule has 0 heterocycles. The molecule has 25 heavy (non-hydrogen) atoms. The zero-order valence-electron chi connectivity index (χ0n) is 14.9. The molecule has 0 bridgehead atoms. The summed E-state index contributed by atoms with van der Waals surface area (Å²) in [5.74, 6) is 1.47. The number of carbonyl (C=O) groups is 1. The van der Waals surface area contributed by atoms with Gasteiger partial charge in [0.1, 0.15) is 11.5 Å². The van der Waals surface area contributed by atoms with Crippen LogP contribution in [0.1, 0.15) is 30.0 Å². The molecule has 0 saturated heterocycles. The number of hydrazone groups is 1. The number of hydrogen-bond donors (Lipinski definition) is 1. The van der Waals surface area contributed by atoms with Crippen LogP contribution in [0, 0.1) is 13.8 Å². The Hall–Kier alpha value is -2.82. The summed E-state index contributed by atoms with van der Waals surface area (Å²) in [4.78, 5) is 10.9. The van der Waals surface area contributed by atoms with E-state index in [1.54, 1.807) is 6.21 Å². The van der Waals surface area contributed by atoms with Crippen molar-refractivity contribution in [3.63, 3.8) is 0 Å². The van der Waals surface area contributed by atoms with E-state index in [0.717, 1.165) is 34.6 Å². The van der Waals surface area contributed by atoms with Gasteiger partial charge in [-0.1, -0.05) is 30.3 Å². The summed E-state index contributed by atoms with van der Waals surface area (Å²) in [6, 6.07) is 13.7. The number of amides is 1. The normalized spacial score (nSPS) is 10.7. The molecule has 0 saturated carbocycles. The van der Waals surface area contributed by atoms with Gasteiger partial charge in [0.05, 0.1) is 19.4 Å². The first-order valence-corrected chi connectivity index (χ1v) is 8.28. The monoisotopic (exact) mass is 340 g/mol. The molecule has 0 spiro atoms. The van der Waals surface area contributed by atoms with Gasteiger partial charge >= 0.3 is 0 Å². The second-order valence-electron chi connectivity index (χ2n) is 5.74. The van der Waals surface area contributed by atoms with Crippen LogP contribution in [-0.4, -0.2) is 25.3 Å². The number of rotatable bonds is 8. The van der Waals surface area contributed by atoms with Crippen LogP contribution >= 0.6 is 0 Å². The molecule has 2 rings (SSSR count). The predicted molar refractivity (Wildman–Crippen MR) is 99.4 cm³/mol. The van der Waals surface area contributed by atoms with Crippen molar-refractivity contribution in [2.75, 3.05) is 13.2 Å². The maximum Gasteiger partial charge on any atom is 0.236 e. The van der Waals surface area contributed by atoms with Gasteiger partial charge in [-0.05, 0) is 37.1 Å². The summed E-state index contributed by atoms with van der Waals surface area (Å²) in [6.07, 6.45) is 2.34. The quantitative estimate of drug-likeness (QED) is 0.453. The Bertz CT molecular complexity index is 721. The lowest BCUT2D eigenvalue weighted by Gasteiger charge is -2.13. The molecule has 132 valence electrons. The zero-order valence-corrected chi connectivity index (χ0v) is 14.9. The van der Waals surface area contributed by atoms with E-state index in [9.17, 15) is 4.79 Å². The minimum Gasteiger partial charge on any atom is -0.493 e. The second-order valence-corrected chi connectivity index (χ2v) is 5.74. The lowest BCUT2D eigenvalue weighted by atomic mass is 10.1. The third kappa shape index (κ3) is 5.95. The van der Waals surface area contributed by atoms with Crippen molar-refractivity contribution in [2.24, 2.45) is 5.10 Å². The van der Waals surface area contributed by atoms with Crippen LogP contribution in [-0.2, 0) is 4.79 Å². The second kappa shape index (κ2) is 9.47. The van der Waals surface area contributed by atoms with Gasteiger partial charge in [0.2, 0.25) is 5.91 Å². The van der Waals surface area contributed by atoms with Gasteiger partial charge in [0.15, 0.2) is 0 Å². The Morgan fingerprint density at radius 1 is 1.04 bits per heavy atom. The Kier molecular flexibility index (Phi) is 7.01. The Balaban J connectivity index is 1.82. The topological polar surface area (TPSA) is 59.9 Å². The molecule has 0 aliphatic carbocycles. The SMILES string of the molecule is CC(=O)NN=Cc1ccccc1OCCCOc1c(C)cccc1C. The average Bonchev–Trinajstić information content (AvgIpc) is 2.58. The van der Waals surface area contributed by atoms with Crippen LogP contribution in [0.15, 0.2) is 47.6 Å². The maximum absolute atomic E-state index is 10.9. The molecule has 0 unspecified atom stereocenters. The van der Waals surface area contributed by atoms with Gasteiger partial charge in [-0.25, -0.2) is 5.43 Å². The lowest BCUT2D eigenvalue weighted by Crippen LogP contribution is -2.12. The highest BCUT2D eigenvalue weighted by atomic mass is 16.5. The molecule has 2 aromatic rings. The molecule has 0 atom stereocenters. The van der Waals surface area contributed by atoms with Crippen molar-refractivity contribution in [1.82, 2.24) is 5.43 Å². The predicted octanol–water partition coefficient (Wildman–Crippen LogP) is 3.62. The third-order valence-corrected chi connectivity index (χ3v) is 3.55. The van der Waals surface area contributed by atoms with Gasteiger partial charge in [-0.2, -0.15) is 5.10 Å². The van der Waals surface area contributed by atoms with Gasteiger partial charge in [-0.3, -0.25) is 4.79 Å². The molecular formula is C20H24N2O3. The van der Waals surface area contributed by atoms with Gasteiger partial charge < -0.3 is 9.47 Å².